The summed E-state index contributed by atoms with van der Waals surface area (Å²) in [5.41, 5.74) is 1.84. The van der Waals surface area contributed by atoms with E-state index in [0.29, 0.717) is 12.2 Å². The molecule has 0 spiro atoms. The van der Waals surface area contributed by atoms with Crippen LogP contribution in [0.15, 0.2) is 48.5 Å². The van der Waals surface area contributed by atoms with Crippen molar-refractivity contribution in [2.75, 3.05) is 44.2 Å². The number of benzene rings is 2. The predicted molar refractivity (Wildman–Crippen MR) is 97.7 cm³/mol. The van der Waals surface area contributed by atoms with Crippen molar-refractivity contribution in [3.05, 3.63) is 59.9 Å². The van der Waals surface area contributed by atoms with Crippen molar-refractivity contribution in [3.63, 3.8) is 0 Å². The van der Waals surface area contributed by atoms with Gasteiger partial charge in [0.05, 0.1) is 5.69 Å². The van der Waals surface area contributed by atoms with Gasteiger partial charge in [0.15, 0.2) is 0 Å². The van der Waals surface area contributed by atoms with E-state index in [1.807, 2.05) is 43.3 Å². The minimum absolute atomic E-state index is 0.178. The number of aryl methyl sites for hydroxylation is 1. The normalized spacial score (nSPS) is 16.7. The van der Waals surface area contributed by atoms with Gasteiger partial charge in [0, 0.05) is 32.7 Å². The average Bonchev–Trinajstić information content (AvgIpc) is 2.62. The molecule has 0 radical (unpaired) electrons. The molecule has 0 unspecified atom stereocenters. The summed E-state index contributed by atoms with van der Waals surface area (Å²) in [6.45, 7) is 5.98. The van der Waals surface area contributed by atoms with Gasteiger partial charge in [-0.3, -0.25) is 4.90 Å². The van der Waals surface area contributed by atoms with Crippen LogP contribution in [0, 0.1) is 12.7 Å². The van der Waals surface area contributed by atoms with Crippen molar-refractivity contribution in [2.45, 2.75) is 13.0 Å². The highest BCUT2D eigenvalue weighted by molar-refractivity contribution is 5.48. The maximum absolute atomic E-state index is 13.9. The Kier molecular flexibility index (Phi) is 5.89. The van der Waals surface area contributed by atoms with Crippen LogP contribution < -0.4 is 9.64 Å². The van der Waals surface area contributed by atoms with Crippen molar-refractivity contribution >= 4 is 5.69 Å². The van der Waals surface area contributed by atoms with Gasteiger partial charge in [-0.05, 0) is 31.2 Å². The highest BCUT2D eigenvalue weighted by Gasteiger charge is 2.21. The molecule has 0 aromatic heterocycles. The molecule has 3 rings (SSSR count). The van der Waals surface area contributed by atoms with Crippen molar-refractivity contribution < 1.29 is 14.2 Å². The van der Waals surface area contributed by atoms with Crippen molar-refractivity contribution in [1.82, 2.24) is 4.90 Å². The summed E-state index contributed by atoms with van der Waals surface area (Å²) in [4.78, 5) is 4.25. The van der Waals surface area contributed by atoms with Gasteiger partial charge in [-0.15, -0.1) is 0 Å². The van der Waals surface area contributed by atoms with Gasteiger partial charge in [0.25, 0.3) is 0 Å². The number of halogens is 1. The summed E-state index contributed by atoms with van der Waals surface area (Å²) in [5.74, 6) is 0.594. The molecule has 2 aromatic carbocycles. The summed E-state index contributed by atoms with van der Waals surface area (Å²) < 4.78 is 19.5. The van der Waals surface area contributed by atoms with Crippen LogP contribution >= 0.6 is 0 Å². The Morgan fingerprint density at radius 2 is 1.72 bits per heavy atom. The van der Waals surface area contributed by atoms with E-state index in [-0.39, 0.29) is 12.4 Å². The van der Waals surface area contributed by atoms with E-state index in [9.17, 15) is 9.50 Å². The Morgan fingerprint density at radius 1 is 1.04 bits per heavy atom. The van der Waals surface area contributed by atoms with Crippen LogP contribution in [0.5, 0.6) is 5.75 Å². The first-order chi connectivity index (χ1) is 12.1. The Morgan fingerprint density at radius 3 is 2.40 bits per heavy atom. The smallest absolute Gasteiger partial charge is 0.146 e. The van der Waals surface area contributed by atoms with E-state index < -0.39 is 6.10 Å². The zero-order valence-corrected chi connectivity index (χ0v) is 14.6. The number of nitrogens with zero attached hydrogens (tertiary/aromatic N) is 2. The molecule has 4 nitrogen and oxygen atoms in total. The number of hydrogen-bond donors (Lipinski definition) is 1. The number of aliphatic hydroxyl groups is 1. The van der Waals surface area contributed by atoms with E-state index in [1.165, 1.54) is 11.6 Å². The van der Waals surface area contributed by atoms with Crippen molar-refractivity contribution in [1.29, 1.82) is 0 Å². The molecule has 134 valence electrons. The molecule has 25 heavy (non-hydrogen) atoms. The van der Waals surface area contributed by atoms with Crippen molar-refractivity contribution in [2.24, 2.45) is 0 Å². The number of para-hydroxylation sites is 1. The predicted octanol–water partition coefficient (Wildman–Crippen LogP) is 2.70. The van der Waals surface area contributed by atoms with Gasteiger partial charge in [-0.25, -0.2) is 4.39 Å². The van der Waals surface area contributed by atoms with Crippen LogP contribution in [0.3, 0.4) is 0 Å². The number of β-amino-alcohol motifs (C(OH)–C–C–N with tert-alkyl or cyclic N) is 1. The van der Waals surface area contributed by atoms with E-state index in [4.69, 9.17) is 4.74 Å². The second-order valence-corrected chi connectivity index (χ2v) is 6.52. The minimum atomic E-state index is -0.540. The molecule has 1 aliphatic rings. The molecule has 0 amide bonds. The van der Waals surface area contributed by atoms with E-state index >= 15 is 0 Å². The molecule has 0 saturated carbocycles. The van der Waals surface area contributed by atoms with Crippen LogP contribution in [0.2, 0.25) is 0 Å². The number of ether oxygens (including phenoxy) is 1. The zero-order valence-electron chi connectivity index (χ0n) is 14.6. The monoisotopic (exact) mass is 344 g/mol. The first kappa shape index (κ1) is 17.7. The highest BCUT2D eigenvalue weighted by atomic mass is 19.1. The molecule has 0 aliphatic carbocycles. The third-order valence-electron chi connectivity index (χ3n) is 4.50. The topological polar surface area (TPSA) is 35.9 Å². The largest absolute Gasteiger partial charge is 0.491 e. The Balaban J connectivity index is 1.42. The molecule has 1 N–H and O–H groups in total. The van der Waals surface area contributed by atoms with E-state index in [2.05, 4.69) is 9.80 Å². The highest BCUT2D eigenvalue weighted by Crippen LogP contribution is 2.20. The first-order valence-corrected chi connectivity index (χ1v) is 8.71. The summed E-state index contributed by atoms with van der Waals surface area (Å²) in [7, 11) is 0. The van der Waals surface area contributed by atoms with Gasteiger partial charge < -0.3 is 14.7 Å². The number of anilines is 1. The average molecular weight is 344 g/mol. The molecule has 1 aliphatic heterocycles. The second-order valence-electron chi connectivity index (χ2n) is 6.52. The maximum atomic E-state index is 13.9. The van der Waals surface area contributed by atoms with Crippen LogP contribution in [-0.4, -0.2) is 55.4 Å². The summed E-state index contributed by atoms with van der Waals surface area (Å²) >= 11 is 0. The van der Waals surface area contributed by atoms with Crippen LogP contribution in [0.25, 0.3) is 0 Å². The third kappa shape index (κ3) is 4.94. The van der Waals surface area contributed by atoms with Crippen molar-refractivity contribution in [3.8, 4) is 5.75 Å². The van der Waals surface area contributed by atoms with Crippen LogP contribution in [-0.2, 0) is 0 Å². The number of rotatable bonds is 6. The lowest BCUT2D eigenvalue weighted by Gasteiger charge is -2.36. The van der Waals surface area contributed by atoms with Gasteiger partial charge in [-0.1, -0.05) is 29.8 Å². The fourth-order valence-electron chi connectivity index (χ4n) is 3.06. The Labute approximate surface area is 148 Å². The Hall–Kier alpha value is -2.11. The molecule has 0 bridgehead atoms. The zero-order chi connectivity index (χ0) is 17.6. The van der Waals surface area contributed by atoms with Crippen LogP contribution in [0.4, 0.5) is 10.1 Å². The molecule has 5 heteroatoms. The van der Waals surface area contributed by atoms with Gasteiger partial charge in [0.2, 0.25) is 0 Å². The molecule has 2 aromatic rings. The SMILES string of the molecule is Cc1ccc(OC[C@@H](O)CN2CCN(c3ccccc3F)CC2)cc1. The first-order valence-electron chi connectivity index (χ1n) is 8.71. The lowest BCUT2D eigenvalue weighted by atomic mass is 10.2. The van der Waals surface area contributed by atoms with Crippen LogP contribution in [0.1, 0.15) is 5.56 Å². The third-order valence-corrected chi connectivity index (χ3v) is 4.50. The fourth-order valence-corrected chi connectivity index (χ4v) is 3.06. The van der Waals surface area contributed by atoms with Gasteiger partial charge in [-0.2, -0.15) is 0 Å². The Bertz CT molecular complexity index is 670. The summed E-state index contributed by atoms with van der Waals surface area (Å²) in [5, 5.41) is 10.2. The minimum Gasteiger partial charge on any atom is -0.491 e. The second kappa shape index (κ2) is 8.32. The number of hydrogen-bond acceptors (Lipinski definition) is 4. The summed E-state index contributed by atoms with van der Waals surface area (Å²) in [6, 6.07) is 14.7. The van der Waals surface area contributed by atoms with E-state index in [0.717, 1.165) is 31.9 Å². The summed E-state index contributed by atoms with van der Waals surface area (Å²) in [6.07, 6.45) is -0.540. The molecule has 1 saturated heterocycles. The number of piperazine rings is 1. The maximum Gasteiger partial charge on any atom is 0.146 e. The standard InChI is InChI=1S/C20H25FN2O2/c1-16-6-8-18(9-7-16)25-15-17(24)14-22-10-12-23(13-11-22)20-5-3-2-4-19(20)21/h2-9,17,24H,10-15H2,1H3/t17-/m0/s1. The molecular formula is C20H25FN2O2. The lowest BCUT2D eigenvalue weighted by molar-refractivity contribution is 0.0662. The lowest BCUT2D eigenvalue weighted by Crippen LogP contribution is -2.49. The molecular weight excluding hydrogens is 319 g/mol. The molecule has 1 atom stereocenters. The fraction of sp³-hybridized carbons (Fsp3) is 0.400. The van der Waals surface area contributed by atoms with E-state index in [1.54, 1.807) is 6.07 Å². The van der Waals surface area contributed by atoms with Gasteiger partial charge >= 0.3 is 0 Å². The molecule has 1 fully saturated rings. The molecule has 1 heterocycles. The van der Waals surface area contributed by atoms with Gasteiger partial charge in [0.1, 0.15) is 24.3 Å². The number of aliphatic hydroxyl groups excluding tert-OH is 1. The quantitative estimate of drug-likeness (QED) is 0.874.